The van der Waals surface area contributed by atoms with E-state index in [-0.39, 0.29) is 5.91 Å². The van der Waals surface area contributed by atoms with Crippen LogP contribution >= 0.6 is 0 Å². The minimum Gasteiger partial charge on any atom is -0.352 e. The number of rotatable bonds is 6. The molecule has 0 aliphatic carbocycles. The van der Waals surface area contributed by atoms with E-state index >= 15 is 0 Å². The van der Waals surface area contributed by atoms with E-state index in [1.807, 2.05) is 18.2 Å². The summed E-state index contributed by atoms with van der Waals surface area (Å²) in [6.45, 7) is 6.99. The number of carbonyl (C=O) groups excluding carboxylic acids is 1. The molecule has 0 unspecified atom stereocenters. The van der Waals surface area contributed by atoms with Crippen LogP contribution in [0.5, 0.6) is 0 Å². The van der Waals surface area contributed by atoms with Crippen LogP contribution in [0.1, 0.15) is 55.4 Å². The molecule has 0 atom stereocenters. The molecule has 0 saturated heterocycles. The first-order chi connectivity index (χ1) is 10.2. The number of fused-ring (bicyclic) bond motifs is 1. The van der Waals surface area contributed by atoms with Crippen LogP contribution in [-0.4, -0.2) is 22.4 Å². The summed E-state index contributed by atoms with van der Waals surface area (Å²) in [6, 6.07) is 5.54. The second kappa shape index (κ2) is 7.16. The van der Waals surface area contributed by atoms with Gasteiger partial charge in [-0.05, 0) is 37.5 Å². The molecule has 2 rings (SSSR count). The largest absolute Gasteiger partial charge is 0.352 e. The number of hydrogen-bond acceptors (Lipinski definition) is 3. The van der Waals surface area contributed by atoms with Gasteiger partial charge in [-0.1, -0.05) is 27.2 Å². The van der Waals surface area contributed by atoms with Crippen molar-refractivity contribution in [3.63, 3.8) is 0 Å². The molecule has 112 valence electrons. The first-order valence-corrected chi connectivity index (χ1v) is 7.77. The van der Waals surface area contributed by atoms with E-state index in [4.69, 9.17) is 0 Å². The van der Waals surface area contributed by atoms with Gasteiger partial charge in [-0.2, -0.15) is 0 Å². The number of nitrogens with one attached hydrogen (secondary N) is 1. The number of hydrogen-bond donors (Lipinski definition) is 1. The van der Waals surface area contributed by atoms with E-state index in [0.29, 0.717) is 12.1 Å². The predicted molar refractivity (Wildman–Crippen MR) is 85.5 cm³/mol. The lowest BCUT2D eigenvalue weighted by atomic mass is 10.1. The van der Waals surface area contributed by atoms with Gasteiger partial charge in [0, 0.05) is 12.1 Å². The molecule has 0 bridgehead atoms. The number of aromatic nitrogens is 2. The molecule has 1 N–H and O–H groups in total. The van der Waals surface area contributed by atoms with E-state index < -0.39 is 0 Å². The van der Waals surface area contributed by atoms with Crippen LogP contribution in [0.4, 0.5) is 0 Å². The summed E-state index contributed by atoms with van der Waals surface area (Å²) in [5.41, 5.74) is 4.37. The van der Waals surface area contributed by atoms with Gasteiger partial charge in [0.05, 0.1) is 22.4 Å². The second-order valence-corrected chi connectivity index (χ2v) is 5.14. The van der Waals surface area contributed by atoms with Crippen LogP contribution < -0.4 is 5.32 Å². The number of amides is 1. The van der Waals surface area contributed by atoms with Gasteiger partial charge in [-0.15, -0.1) is 0 Å². The van der Waals surface area contributed by atoms with Crippen molar-refractivity contribution >= 4 is 16.9 Å². The molecular weight excluding hydrogens is 262 g/mol. The first-order valence-electron chi connectivity index (χ1n) is 7.77. The van der Waals surface area contributed by atoms with Crippen molar-refractivity contribution in [2.45, 2.75) is 46.5 Å². The molecule has 1 aromatic heterocycles. The average Bonchev–Trinajstić information content (AvgIpc) is 2.52. The van der Waals surface area contributed by atoms with Crippen LogP contribution in [-0.2, 0) is 12.8 Å². The molecule has 1 heterocycles. The Morgan fingerprint density at radius 2 is 1.71 bits per heavy atom. The Balaban J connectivity index is 2.30. The molecule has 0 aliphatic rings. The Morgan fingerprint density at radius 1 is 1.05 bits per heavy atom. The number of benzene rings is 1. The van der Waals surface area contributed by atoms with Crippen LogP contribution in [0.3, 0.4) is 0 Å². The van der Waals surface area contributed by atoms with Crippen molar-refractivity contribution in [1.82, 2.24) is 15.3 Å². The van der Waals surface area contributed by atoms with Crippen LogP contribution in [0.15, 0.2) is 18.2 Å². The zero-order chi connectivity index (χ0) is 15.2. The monoisotopic (exact) mass is 285 g/mol. The molecule has 21 heavy (non-hydrogen) atoms. The third kappa shape index (κ3) is 3.57. The minimum atomic E-state index is -0.0373. The fraction of sp³-hybridized carbons (Fsp3) is 0.471. The zero-order valence-electron chi connectivity index (χ0n) is 13.1. The van der Waals surface area contributed by atoms with Crippen LogP contribution in [0, 0.1) is 0 Å². The fourth-order valence-electron chi connectivity index (χ4n) is 2.32. The summed E-state index contributed by atoms with van der Waals surface area (Å²) < 4.78 is 0. The van der Waals surface area contributed by atoms with E-state index in [9.17, 15) is 4.79 Å². The smallest absolute Gasteiger partial charge is 0.251 e. The Labute approximate surface area is 126 Å². The van der Waals surface area contributed by atoms with Gasteiger partial charge in [0.1, 0.15) is 0 Å². The highest BCUT2D eigenvalue weighted by Gasteiger charge is 2.09. The van der Waals surface area contributed by atoms with Gasteiger partial charge >= 0.3 is 0 Å². The average molecular weight is 285 g/mol. The summed E-state index contributed by atoms with van der Waals surface area (Å²) in [4.78, 5) is 21.4. The lowest BCUT2D eigenvalue weighted by Gasteiger charge is -2.08. The van der Waals surface area contributed by atoms with E-state index in [2.05, 4.69) is 36.1 Å². The highest BCUT2D eigenvalue weighted by atomic mass is 16.1. The van der Waals surface area contributed by atoms with Gasteiger partial charge < -0.3 is 5.32 Å². The van der Waals surface area contributed by atoms with Crippen molar-refractivity contribution in [2.24, 2.45) is 0 Å². The number of unbranched alkanes of at least 4 members (excludes halogenated alkanes) is 1. The van der Waals surface area contributed by atoms with E-state index in [1.165, 1.54) is 0 Å². The molecule has 0 fully saturated rings. The molecule has 1 amide bonds. The lowest BCUT2D eigenvalue weighted by Crippen LogP contribution is -2.24. The molecule has 2 aromatic rings. The molecule has 4 heteroatoms. The van der Waals surface area contributed by atoms with Gasteiger partial charge in [0.25, 0.3) is 5.91 Å². The van der Waals surface area contributed by atoms with E-state index in [1.54, 1.807) is 0 Å². The van der Waals surface area contributed by atoms with Crippen molar-refractivity contribution in [1.29, 1.82) is 0 Å². The first kappa shape index (κ1) is 15.4. The highest BCUT2D eigenvalue weighted by molar-refractivity contribution is 5.97. The summed E-state index contributed by atoms with van der Waals surface area (Å²) in [5, 5.41) is 2.93. The summed E-state index contributed by atoms with van der Waals surface area (Å²) in [7, 11) is 0. The quantitative estimate of drug-likeness (QED) is 0.829. The van der Waals surface area contributed by atoms with Gasteiger partial charge in [-0.3, -0.25) is 4.79 Å². The van der Waals surface area contributed by atoms with Crippen molar-refractivity contribution in [3.8, 4) is 0 Å². The highest BCUT2D eigenvalue weighted by Crippen LogP contribution is 2.16. The predicted octanol–water partition coefficient (Wildman–Crippen LogP) is 3.28. The minimum absolute atomic E-state index is 0.0373. The number of nitrogens with zero attached hydrogens (tertiary/aromatic N) is 2. The van der Waals surface area contributed by atoms with Gasteiger partial charge in [-0.25, -0.2) is 9.97 Å². The third-order valence-electron chi connectivity index (χ3n) is 3.57. The standard InChI is InChI=1S/C17H23N3O/c1-4-7-10-18-17(21)12-8-9-15-16(11-12)20-14(6-3)13(5-2)19-15/h8-9,11H,4-7,10H2,1-3H3,(H,18,21). The number of aryl methyl sites for hydroxylation is 2. The van der Waals surface area contributed by atoms with Crippen molar-refractivity contribution < 1.29 is 4.79 Å². The summed E-state index contributed by atoms with van der Waals surface area (Å²) in [5.74, 6) is -0.0373. The van der Waals surface area contributed by atoms with Crippen molar-refractivity contribution in [2.75, 3.05) is 6.54 Å². The molecular formula is C17H23N3O. The number of carbonyl (C=O) groups is 1. The fourth-order valence-corrected chi connectivity index (χ4v) is 2.32. The maximum Gasteiger partial charge on any atom is 0.251 e. The maximum absolute atomic E-state index is 12.1. The molecule has 0 radical (unpaired) electrons. The molecule has 1 aromatic carbocycles. The second-order valence-electron chi connectivity index (χ2n) is 5.14. The van der Waals surface area contributed by atoms with Crippen LogP contribution in [0.2, 0.25) is 0 Å². The van der Waals surface area contributed by atoms with Gasteiger partial charge in [0.15, 0.2) is 0 Å². The van der Waals surface area contributed by atoms with Crippen molar-refractivity contribution in [3.05, 3.63) is 35.2 Å². The summed E-state index contributed by atoms with van der Waals surface area (Å²) >= 11 is 0. The Bertz CT molecular complexity index is 637. The Kier molecular flexibility index (Phi) is 5.26. The SMILES string of the molecule is CCCCNC(=O)c1ccc2nc(CC)c(CC)nc2c1. The molecule has 0 saturated carbocycles. The normalized spacial score (nSPS) is 10.8. The van der Waals surface area contributed by atoms with E-state index in [0.717, 1.165) is 48.1 Å². The molecule has 4 nitrogen and oxygen atoms in total. The van der Waals surface area contributed by atoms with Gasteiger partial charge in [0.2, 0.25) is 0 Å². The lowest BCUT2D eigenvalue weighted by molar-refractivity contribution is 0.0953. The topological polar surface area (TPSA) is 54.9 Å². The molecule has 0 spiro atoms. The van der Waals surface area contributed by atoms with Crippen LogP contribution in [0.25, 0.3) is 11.0 Å². The Morgan fingerprint density at radius 3 is 2.33 bits per heavy atom. The summed E-state index contributed by atoms with van der Waals surface area (Å²) in [6.07, 6.45) is 3.81. The zero-order valence-corrected chi connectivity index (χ0v) is 13.1. The molecule has 0 aliphatic heterocycles. The Hall–Kier alpha value is -1.97. The maximum atomic E-state index is 12.1. The third-order valence-corrected chi connectivity index (χ3v) is 3.57.